The summed E-state index contributed by atoms with van der Waals surface area (Å²) in [6.07, 6.45) is 0. The Hall–Kier alpha value is -1.48. The first-order valence-electron chi connectivity index (χ1n) is 3.34. The molecule has 0 aliphatic heterocycles. The Bertz CT molecular complexity index is 251. The van der Waals surface area contributed by atoms with Crippen molar-refractivity contribution < 1.29 is 9.53 Å². The average molecular weight is 169 g/mol. The molecule has 0 saturated heterocycles. The SMILES string of the molecule is C=C(C)C(=O)OC(C)(C)N=[N+]=[N-]. The van der Waals surface area contributed by atoms with E-state index in [1.54, 1.807) is 0 Å². The number of hydrogen-bond acceptors (Lipinski definition) is 3. The summed E-state index contributed by atoms with van der Waals surface area (Å²) in [5, 5.41) is 3.28. The van der Waals surface area contributed by atoms with Gasteiger partial charge in [0.25, 0.3) is 0 Å². The second-order valence-corrected chi connectivity index (χ2v) is 2.81. The van der Waals surface area contributed by atoms with Gasteiger partial charge in [0, 0.05) is 10.5 Å². The first-order chi connectivity index (χ1) is 5.39. The summed E-state index contributed by atoms with van der Waals surface area (Å²) < 4.78 is 4.78. The number of rotatable bonds is 3. The van der Waals surface area contributed by atoms with Crippen LogP contribution in [0.25, 0.3) is 10.4 Å². The fourth-order valence-corrected chi connectivity index (χ4v) is 0.442. The van der Waals surface area contributed by atoms with Gasteiger partial charge in [0.15, 0.2) is 5.72 Å². The van der Waals surface area contributed by atoms with E-state index in [1.165, 1.54) is 20.8 Å². The lowest BCUT2D eigenvalue weighted by molar-refractivity contribution is -0.150. The fourth-order valence-electron chi connectivity index (χ4n) is 0.442. The molecular formula is C7H11N3O2. The molecule has 0 rings (SSSR count). The molecule has 0 aromatic carbocycles. The van der Waals surface area contributed by atoms with E-state index in [2.05, 4.69) is 16.6 Å². The zero-order valence-electron chi connectivity index (χ0n) is 7.37. The molecule has 66 valence electrons. The van der Waals surface area contributed by atoms with Crippen LogP contribution in [0.15, 0.2) is 17.3 Å². The summed E-state index contributed by atoms with van der Waals surface area (Å²) >= 11 is 0. The maximum Gasteiger partial charge on any atom is 0.333 e. The number of azide groups is 1. The number of carbonyl (C=O) groups is 1. The van der Waals surface area contributed by atoms with Crippen LogP contribution in [0.1, 0.15) is 20.8 Å². The van der Waals surface area contributed by atoms with E-state index in [9.17, 15) is 4.79 Å². The van der Waals surface area contributed by atoms with E-state index in [0.717, 1.165) is 0 Å². The highest BCUT2D eigenvalue weighted by molar-refractivity contribution is 5.87. The van der Waals surface area contributed by atoms with Gasteiger partial charge in [0.1, 0.15) is 0 Å². The minimum absolute atomic E-state index is 0.274. The maximum absolute atomic E-state index is 10.9. The van der Waals surface area contributed by atoms with Crippen LogP contribution < -0.4 is 0 Å². The third-order valence-electron chi connectivity index (χ3n) is 0.976. The van der Waals surface area contributed by atoms with Crippen LogP contribution in [0.3, 0.4) is 0 Å². The average Bonchev–Trinajstić information content (AvgIpc) is 1.85. The van der Waals surface area contributed by atoms with Gasteiger partial charge in [0.2, 0.25) is 0 Å². The van der Waals surface area contributed by atoms with Gasteiger partial charge in [-0.1, -0.05) is 6.58 Å². The number of esters is 1. The second kappa shape index (κ2) is 3.78. The number of ether oxygens (including phenoxy) is 1. The van der Waals surface area contributed by atoms with Crippen molar-refractivity contribution in [3.63, 3.8) is 0 Å². The first-order valence-corrected chi connectivity index (χ1v) is 3.34. The summed E-state index contributed by atoms with van der Waals surface area (Å²) in [6.45, 7) is 7.90. The Labute approximate surface area is 70.6 Å². The largest absolute Gasteiger partial charge is 0.450 e. The molecule has 0 aliphatic rings. The van der Waals surface area contributed by atoms with Crippen LogP contribution in [-0.2, 0) is 9.53 Å². The molecular weight excluding hydrogens is 158 g/mol. The highest BCUT2D eigenvalue weighted by Gasteiger charge is 2.20. The molecule has 0 fully saturated rings. The molecule has 0 aliphatic carbocycles. The van der Waals surface area contributed by atoms with Crippen LogP contribution in [0.4, 0.5) is 0 Å². The van der Waals surface area contributed by atoms with E-state index in [0.29, 0.717) is 0 Å². The molecule has 0 bridgehead atoms. The molecule has 12 heavy (non-hydrogen) atoms. The maximum atomic E-state index is 10.9. The number of nitrogens with zero attached hydrogens (tertiary/aromatic N) is 3. The lowest BCUT2D eigenvalue weighted by Crippen LogP contribution is -2.25. The summed E-state index contributed by atoms with van der Waals surface area (Å²) in [7, 11) is 0. The molecule has 0 heterocycles. The van der Waals surface area contributed by atoms with E-state index in [-0.39, 0.29) is 5.57 Å². The van der Waals surface area contributed by atoms with Crippen molar-refractivity contribution in [3.05, 3.63) is 22.6 Å². The first kappa shape index (κ1) is 10.5. The van der Waals surface area contributed by atoms with E-state index >= 15 is 0 Å². The lowest BCUT2D eigenvalue weighted by Gasteiger charge is -2.18. The molecule has 5 heteroatoms. The summed E-state index contributed by atoms with van der Waals surface area (Å²) in [6, 6.07) is 0. The molecule has 0 N–H and O–H groups in total. The lowest BCUT2D eigenvalue weighted by atomic mass is 10.3. The zero-order valence-corrected chi connectivity index (χ0v) is 7.37. The topological polar surface area (TPSA) is 75.1 Å². The van der Waals surface area contributed by atoms with Crippen molar-refractivity contribution in [1.82, 2.24) is 0 Å². The predicted octanol–water partition coefficient (Wildman–Crippen LogP) is 2.15. The molecule has 0 amide bonds. The van der Waals surface area contributed by atoms with E-state index in [1.807, 2.05) is 0 Å². The summed E-state index contributed by atoms with van der Waals surface area (Å²) in [5.41, 5.74) is 7.22. The molecule has 0 aromatic heterocycles. The molecule has 0 spiro atoms. The van der Waals surface area contributed by atoms with Gasteiger partial charge in [-0.05, 0) is 31.4 Å². The zero-order chi connectivity index (χ0) is 9.78. The van der Waals surface area contributed by atoms with Crippen LogP contribution in [0.2, 0.25) is 0 Å². The minimum atomic E-state index is -1.15. The van der Waals surface area contributed by atoms with Crippen molar-refractivity contribution in [2.24, 2.45) is 5.11 Å². The van der Waals surface area contributed by atoms with Gasteiger partial charge in [-0.25, -0.2) is 4.79 Å². The van der Waals surface area contributed by atoms with Crippen LogP contribution in [-0.4, -0.2) is 11.7 Å². The van der Waals surface area contributed by atoms with Gasteiger partial charge in [-0.15, -0.1) is 0 Å². The van der Waals surface area contributed by atoms with Gasteiger partial charge >= 0.3 is 5.97 Å². The van der Waals surface area contributed by atoms with Crippen LogP contribution in [0, 0.1) is 0 Å². The Morgan fingerprint density at radius 3 is 2.50 bits per heavy atom. The molecule has 0 aromatic rings. The van der Waals surface area contributed by atoms with Crippen molar-refractivity contribution in [1.29, 1.82) is 0 Å². The Balaban J connectivity index is 4.34. The van der Waals surface area contributed by atoms with Crippen LogP contribution >= 0.6 is 0 Å². The molecule has 5 nitrogen and oxygen atoms in total. The van der Waals surface area contributed by atoms with E-state index in [4.69, 9.17) is 10.3 Å². The summed E-state index contributed by atoms with van der Waals surface area (Å²) in [5.74, 6) is -0.563. The Kier molecular flexibility index (Phi) is 3.31. The fraction of sp³-hybridized carbons (Fsp3) is 0.571. The van der Waals surface area contributed by atoms with Gasteiger partial charge in [-0.3, -0.25) is 0 Å². The monoisotopic (exact) mass is 169 g/mol. The van der Waals surface area contributed by atoms with Crippen LogP contribution in [0.5, 0.6) is 0 Å². The van der Waals surface area contributed by atoms with Gasteiger partial charge < -0.3 is 4.74 Å². The highest BCUT2D eigenvalue weighted by atomic mass is 16.6. The van der Waals surface area contributed by atoms with E-state index < -0.39 is 11.7 Å². The minimum Gasteiger partial charge on any atom is -0.450 e. The van der Waals surface area contributed by atoms with Crippen molar-refractivity contribution in [3.8, 4) is 0 Å². The van der Waals surface area contributed by atoms with Crippen molar-refractivity contribution in [2.45, 2.75) is 26.5 Å². The molecule has 0 atom stereocenters. The number of hydrogen-bond donors (Lipinski definition) is 0. The number of carbonyl (C=O) groups excluding carboxylic acids is 1. The third-order valence-corrected chi connectivity index (χ3v) is 0.976. The quantitative estimate of drug-likeness (QED) is 0.213. The smallest absolute Gasteiger partial charge is 0.333 e. The highest BCUT2D eigenvalue weighted by Crippen LogP contribution is 2.12. The molecule has 0 unspecified atom stereocenters. The Morgan fingerprint density at radius 1 is 1.67 bits per heavy atom. The molecule has 0 saturated carbocycles. The normalized spacial score (nSPS) is 9.92. The standard InChI is InChI=1S/C7H11N3O2/c1-5(2)6(11)12-7(3,4)9-10-8/h1H2,2-4H3. The molecule has 0 radical (unpaired) electrons. The summed E-state index contributed by atoms with van der Waals surface area (Å²) in [4.78, 5) is 13.5. The Morgan fingerprint density at radius 2 is 2.17 bits per heavy atom. The predicted molar refractivity (Wildman–Crippen MR) is 44.1 cm³/mol. The van der Waals surface area contributed by atoms with Crippen molar-refractivity contribution >= 4 is 5.97 Å². The third kappa shape index (κ3) is 3.63. The van der Waals surface area contributed by atoms with Gasteiger partial charge in [0.05, 0.1) is 0 Å². The van der Waals surface area contributed by atoms with Crippen molar-refractivity contribution in [2.75, 3.05) is 0 Å². The van der Waals surface area contributed by atoms with Gasteiger partial charge in [-0.2, -0.15) is 0 Å². The second-order valence-electron chi connectivity index (χ2n) is 2.81.